The summed E-state index contributed by atoms with van der Waals surface area (Å²) in [7, 11) is 0. The van der Waals surface area contributed by atoms with Gasteiger partial charge in [0.05, 0.1) is 18.1 Å². The average molecular weight is 158 g/mol. The van der Waals surface area contributed by atoms with Gasteiger partial charge in [0.2, 0.25) is 0 Å². The van der Waals surface area contributed by atoms with E-state index in [0.29, 0.717) is 0 Å². The van der Waals surface area contributed by atoms with Gasteiger partial charge in [-0.25, -0.2) is 0 Å². The molecule has 0 fully saturated rings. The predicted octanol–water partition coefficient (Wildman–Crippen LogP) is 2.17. The largest absolute Gasteiger partial charge is 0.198 e. The number of allylic oxidation sites excluding steroid dienone is 4. The standard InChI is InChI=1S/C10H10N2/c11-7-3-6-9-4-1-2-5-10(9)8-12/h2-3,5-6,9-10H,1,4H2/b6-3-/t9-,10-/m0/s1. The van der Waals surface area contributed by atoms with Crippen molar-refractivity contribution in [3.8, 4) is 12.1 Å². The molecule has 0 radical (unpaired) electrons. The van der Waals surface area contributed by atoms with Crippen LogP contribution in [0.4, 0.5) is 0 Å². The Labute approximate surface area is 72.4 Å². The zero-order valence-electron chi connectivity index (χ0n) is 6.77. The summed E-state index contributed by atoms with van der Waals surface area (Å²) in [4.78, 5) is 0. The molecule has 1 aliphatic rings. The fourth-order valence-corrected chi connectivity index (χ4v) is 1.38. The second kappa shape index (κ2) is 4.36. The summed E-state index contributed by atoms with van der Waals surface area (Å²) in [6.07, 6.45) is 9.25. The van der Waals surface area contributed by atoms with Crippen molar-refractivity contribution in [1.82, 2.24) is 0 Å². The molecule has 2 atom stereocenters. The topological polar surface area (TPSA) is 47.6 Å². The molecule has 1 rings (SSSR count). The van der Waals surface area contributed by atoms with E-state index >= 15 is 0 Å². The Hall–Kier alpha value is -1.54. The zero-order chi connectivity index (χ0) is 8.81. The van der Waals surface area contributed by atoms with E-state index in [1.807, 2.05) is 24.3 Å². The fraction of sp³-hybridized carbons (Fsp3) is 0.400. The van der Waals surface area contributed by atoms with E-state index in [1.165, 1.54) is 6.08 Å². The monoisotopic (exact) mass is 158 g/mol. The summed E-state index contributed by atoms with van der Waals surface area (Å²) in [6, 6.07) is 4.16. The molecule has 0 amide bonds. The van der Waals surface area contributed by atoms with Crippen molar-refractivity contribution in [1.29, 1.82) is 10.5 Å². The minimum atomic E-state index is -0.0386. The molecule has 2 heteroatoms. The minimum Gasteiger partial charge on any atom is -0.198 e. The maximum atomic E-state index is 8.74. The summed E-state index contributed by atoms with van der Waals surface area (Å²) in [6.45, 7) is 0. The second-order valence-corrected chi connectivity index (χ2v) is 2.81. The van der Waals surface area contributed by atoms with E-state index in [-0.39, 0.29) is 11.8 Å². The lowest BCUT2D eigenvalue weighted by Gasteiger charge is -2.18. The molecule has 0 bridgehead atoms. The molecular weight excluding hydrogens is 148 g/mol. The van der Waals surface area contributed by atoms with E-state index < -0.39 is 0 Å². The Morgan fingerprint density at radius 1 is 1.42 bits per heavy atom. The van der Waals surface area contributed by atoms with Gasteiger partial charge in [0.25, 0.3) is 0 Å². The van der Waals surface area contributed by atoms with Crippen molar-refractivity contribution in [3.63, 3.8) is 0 Å². The van der Waals surface area contributed by atoms with Gasteiger partial charge in [0.1, 0.15) is 0 Å². The van der Waals surface area contributed by atoms with E-state index in [1.54, 1.807) is 0 Å². The van der Waals surface area contributed by atoms with Crippen LogP contribution in [0, 0.1) is 34.5 Å². The van der Waals surface area contributed by atoms with Gasteiger partial charge in [0.15, 0.2) is 0 Å². The lowest BCUT2D eigenvalue weighted by Crippen LogP contribution is -2.11. The van der Waals surface area contributed by atoms with Gasteiger partial charge in [-0.1, -0.05) is 18.2 Å². The number of rotatable bonds is 1. The number of nitriles is 2. The normalized spacial score (nSPS) is 28.2. The van der Waals surface area contributed by atoms with Crippen molar-refractivity contribution in [2.45, 2.75) is 12.8 Å². The molecule has 2 nitrogen and oxygen atoms in total. The minimum absolute atomic E-state index is 0.0386. The van der Waals surface area contributed by atoms with Crippen LogP contribution in [0.5, 0.6) is 0 Å². The predicted molar refractivity (Wildman–Crippen MR) is 45.7 cm³/mol. The lowest BCUT2D eigenvalue weighted by molar-refractivity contribution is 0.504. The highest BCUT2D eigenvalue weighted by Crippen LogP contribution is 2.24. The zero-order valence-corrected chi connectivity index (χ0v) is 6.77. The highest BCUT2D eigenvalue weighted by atomic mass is 14.3. The van der Waals surface area contributed by atoms with Crippen molar-refractivity contribution < 1.29 is 0 Å². The van der Waals surface area contributed by atoms with E-state index in [4.69, 9.17) is 10.5 Å². The number of hydrogen-bond acceptors (Lipinski definition) is 2. The Kier molecular flexibility index (Phi) is 3.11. The van der Waals surface area contributed by atoms with Crippen LogP contribution in [-0.2, 0) is 0 Å². The molecule has 0 heterocycles. The molecule has 12 heavy (non-hydrogen) atoms. The molecule has 0 aromatic rings. The number of nitrogens with zero attached hydrogens (tertiary/aromatic N) is 2. The van der Waals surface area contributed by atoms with Crippen molar-refractivity contribution in [3.05, 3.63) is 24.3 Å². The third kappa shape index (κ3) is 1.97. The molecule has 1 aliphatic carbocycles. The molecular formula is C10H10N2. The van der Waals surface area contributed by atoms with Crippen LogP contribution >= 0.6 is 0 Å². The van der Waals surface area contributed by atoms with Crippen LogP contribution in [0.25, 0.3) is 0 Å². The quantitative estimate of drug-likeness (QED) is 0.433. The molecule has 0 saturated heterocycles. The lowest BCUT2D eigenvalue weighted by atomic mass is 9.85. The van der Waals surface area contributed by atoms with Gasteiger partial charge >= 0.3 is 0 Å². The molecule has 0 N–H and O–H groups in total. The SMILES string of the molecule is N#C/C=C\[C@@H]1CCC=C[C@H]1C#N. The summed E-state index contributed by atoms with van der Waals surface area (Å²) >= 11 is 0. The summed E-state index contributed by atoms with van der Waals surface area (Å²) in [5.41, 5.74) is 0. The molecule has 0 aromatic carbocycles. The van der Waals surface area contributed by atoms with E-state index in [2.05, 4.69) is 6.07 Å². The van der Waals surface area contributed by atoms with Crippen LogP contribution in [0.3, 0.4) is 0 Å². The average Bonchev–Trinajstić information content (AvgIpc) is 2.15. The summed E-state index contributed by atoms with van der Waals surface area (Å²) in [5, 5.41) is 17.1. The van der Waals surface area contributed by atoms with E-state index in [9.17, 15) is 0 Å². The Balaban J connectivity index is 2.65. The third-order valence-corrected chi connectivity index (χ3v) is 2.04. The molecule has 0 saturated carbocycles. The maximum Gasteiger partial charge on any atom is 0.0908 e. The van der Waals surface area contributed by atoms with Gasteiger partial charge < -0.3 is 0 Å². The Bertz CT molecular complexity index is 275. The van der Waals surface area contributed by atoms with Crippen LogP contribution in [0.2, 0.25) is 0 Å². The smallest absolute Gasteiger partial charge is 0.0908 e. The first kappa shape index (κ1) is 8.56. The van der Waals surface area contributed by atoms with Gasteiger partial charge in [-0.05, 0) is 18.8 Å². The maximum absolute atomic E-state index is 8.74. The molecule has 0 aromatic heterocycles. The molecule has 0 aliphatic heterocycles. The van der Waals surface area contributed by atoms with Crippen LogP contribution in [0.15, 0.2) is 24.3 Å². The Morgan fingerprint density at radius 2 is 2.25 bits per heavy atom. The van der Waals surface area contributed by atoms with Crippen molar-refractivity contribution in [2.24, 2.45) is 11.8 Å². The number of hydrogen-bond donors (Lipinski definition) is 0. The fourth-order valence-electron chi connectivity index (χ4n) is 1.38. The van der Waals surface area contributed by atoms with Gasteiger partial charge in [-0.2, -0.15) is 10.5 Å². The highest BCUT2D eigenvalue weighted by molar-refractivity contribution is 5.14. The molecule has 0 unspecified atom stereocenters. The van der Waals surface area contributed by atoms with Crippen molar-refractivity contribution in [2.75, 3.05) is 0 Å². The second-order valence-electron chi connectivity index (χ2n) is 2.81. The van der Waals surface area contributed by atoms with Crippen molar-refractivity contribution >= 4 is 0 Å². The van der Waals surface area contributed by atoms with Crippen LogP contribution < -0.4 is 0 Å². The third-order valence-electron chi connectivity index (χ3n) is 2.04. The van der Waals surface area contributed by atoms with Gasteiger partial charge in [-0.3, -0.25) is 0 Å². The molecule has 0 spiro atoms. The van der Waals surface area contributed by atoms with Gasteiger partial charge in [-0.15, -0.1) is 0 Å². The first-order chi connectivity index (χ1) is 5.88. The first-order valence-electron chi connectivity index (χ1n) is 4.01. The Morgan fingerprint density at radius 3 is 2.92 bits per heavy atom. The van der Waals surface area contributed by atoms with Crippen LogP contribution in [-0.4, -0.2) is 0 Å². The summed E-state index contributed by atoms with van der Waals surface area (Å²) < 4.78 is 0. The van der Waals surface area contributed by atoms with Crippen LogP contribution in [0.1, 0.15) is 12.8 Å². The highest BCUT2D eigenvalue weighted by Gasteiger charge is 2.17. The van der Waals surface area contributed by atoms with E-state index in [0.717, 1.165) is 12.8 Å². The summed E-state index contributed by atoms with van der Waals surface area (Å²) in [5.74, 6) is 0.197. The molecule has 60 valence electrons. The van der Waals surface area contributed by atoms with Gasteiger partial charge in [0, 0.05) is 6.08 Å². The first-order valence-corrected chi connectivity index (χ1v) is 4.01.